The zero-order valence-electron chi connectivity index (χ0n) is 66.6. The van der Waals surface area contributed by atoms with Gasteiger partial charge >= 0.3 is 7.60 Å². The van der Waals surface area contributed by atoms with Crippen molar-refractivity contribution in [3.8, 4) is 6.07 Å². The number of nitrogens with zero attached hydrogens (tertiary/aromatic N) is 11. The number of aromatic nitrogens is 10. The first-order valence-electron chi connectivity index (χ1n) is 35.4. The number of ketones is 2. The Morgan fingerprint density at radius 2 is 1.22 bits per heavy atom. The summed E-state index contributed by atoms with van der Waals surface area (Å²) in [5.74, 6) is 1.13. The fourth-order valence-corrected chi connectivity index (χ4v) is 20.1. The number of nitriles is 1. The molecule has 8 heterocycles. The summed E-state index contributed by atoms with van der Waals surface area (Å²) in [7, 11) is -14.3. The molecular weight excluding hydrogens is 2110 g/mol. The van der Waals surface area contributed by atoms with E-state index in [-0.39, 0.29) is 161 Å². The number of H-pyrrole nitrogens is 2. The predicted molar refractivity (Wildman–Crippen MR) is 416 cm³/mol. The average molecular weight is 2210 g/mol. The normalized spacial score (nSPS) is 25.7. The van der Waals surface area contributed by atoms with Crippen LogP contribution in [-0.4, -0.2) is 218 Å². The number of phosphoric ester groups is 2. The molecule has 4 fully saturated rings. The third-order valence-electron chi connectivity index (χ3n) is 15.6. The number of ether oxygens (including phenoxy) is 5. The molecule has 48 heteroatoms. The van der Waals surface area contributed by atoms with Crippen molar-refractivity contribution in [1.29, 1.82) is 5.26 Å². The van der Waals surface area contributed by atoms with Gasteiger partial charge in [0.05, 0.1) is 90.8 Å². The zero-order valence-corrected chi connectivity index (χ0v) is 82.6. The van der Waals surface area contributed by atoms with Gasteiger partial charge in [-0.05, 0) is 130 Å². The fourth-order valence-electron chi connectivity index (χ4n) is 11.2. The van der Waals surface area contributed by atoms with E-state index in [9.17, 15) is 47.6 Å². The van der Waals surface area contributed by atoms with E-state index < -0.39 is 94.6 Å². The van der Waals surface area contributed by atoms with Crippen LogP contribution in [0.25, 0.3) is 4.85 Å². The van der Waals surface area contributed by atoms with Crippen LogP contribution >= 0.6 is 88.1 Å². The monoisotopic (exact) mass is 2210 g/mol. The van der Waals surface area contributed by atoms with E-state index in [0.29, 0.717) is 36.6 Å². The van der Waals surface area contributed by atoms with Crippen molar-refractivity contribution in [3.05, 3.63) is 103 Å². The summed E-state index contributed by atoms with van der Waals surface area (Å²) in [5, 5.41) is 24.0. The van der Waals surface area contributed by atoms with E-state index in [2.05, 4.69) is 87.7 Å². The van der Waals surface area contributed by atoms with Gasteiger partial charge in [-0.2, -0.15) is 42.0 Å². The van der Waals surface area contributed by atoms with Crippen molar-refractivity contribution in [2.24, 2.45) is 0 Å². The molecule has 19 atom stereocenters. The molecule has 0 amide bonds. The minimum absolute atomic E-state index is 0. The van der Waals surface area contributed by atoms with Crippen LogP contribution in [0, 0.1) is 103 Å². The van der Waals surface area contributed by atoms with Crippen LogP contribution < -0.4 is 20.9 Å². The topological polar surface area (TPSA) is 449 Å². The maximum absolute atomic E-state index is 12.5. The van der Waals surface area contributed by atoms with E-state index in [1.165, 1.54) is 104 Å². The molecule has 4 aromatic heterocycles. The van der Waals surface area contributed by atoms with Crippen molar-refractivity contribution >= 4 is 99.7 Å². The smallest absolute Gasteiger partial charge is 0.325 e. The SMILES string of the molecule is CC(=O)c1cn([C@@H]2[CH-]O[C@H](COP(=O)([O-])OC(C)(C)C)C2OP(=O)([O-])OC(C)(C)C)nn1.CCSC1[C@@H](OP(C)(=O)O)[C@@H](COC)O[C@H]1n1ccc(=O)[nH]c1=S.CCSC1[C@@H](OP(OCCC#N)N(C(C)C)C(C)C)[C@@H](CC)O[C@H]1n1ccc(=O)[nH]c1=S.[C-]#[N+]CCOP(C)OC1[C@H](n2cc(C(C)=O)nn2)[CH-]O[C@@H]1CC.[U].[U]. The predicted octanol–water partition coefficient (Wildman–Crippen LogP) is 10.6. The van der Waals surface area contributed by atoms with Crippen LogP contribution in [0.4, 0.5) is 0 Å². The number of nitrogens with one attached hydrogen (secondary N) is 2. The standard InChI is InChI=1S/C21H35N4O4PS2.C17H30N3O10P2.C14H20N4O4P.C13H21N2O6PS2.2U/c1-7-16-18(29-30(27-13-9-11-22)25(14(3)4)15(5)6)19(32-8-2)20(28-16)24-12-10-17(26)23-21(24)31;1-11(21)12-8-20(19-18-12)13-9-26-14(10-27-31(22,23)29-16(2,3)4)15(13)28-32(24,25)30-17(5,6)7;1-5-13-14(22-23(4)21-7-6-15-3)12(9-20-13)18-8-11(10(2)19)16-17-18;1-4-24-11-10(21-22(3,17)18)8(7-19-2)20-12(11)15-6-5-9(16)14-13(15)23;;/h10,12,14-16,18-20H,7-9,13H2,1-6H3,(H,23,26,31);8-9,13-15H,10H2,1-7H3,(H,22,23)(H,24,25);8-9,12-14H,5-7H2,1-2,4H3;5-6,8,10-12H,4,7H2,1-3H3,(H,17,18)(H,14,16,23);;/q;2*-1;;;/p-2/t16-,18+,19?,20-,30?;13-,14-,15?;12-,13-,14?,23?;8-,10+,11?,12-;;/m1111../s1. The average Bonchev–Trinajstić information content (AvgIpc) is 1.62. The summed E-state index contributed by atoms with van der Waals surface area (Å²) in [6.07, 6.45) is 2.60. The molecule has 0 spiro atoms. The molecule has 634 valence electrons. The Kier molecular flexibility index (Phi) is 46.3. The summed E-state index contributed by atoms with van der Waals surface area (Å²) in [5.41, 5.74) is -2.30. The molecule has 0 radical (unpaired) electrons. The molecule has 4 aromatic rings. The van der Waals surface area contributed by atoms with Gasteiger partial charge in [-0.25, -0.2) is 11.2 Å². The summed E-state index contributed by atoms with van der Waals surface area (Å²) in [6, 6.07) is 4.13. The summed E-state index contributed by atoms with van der Waals surface area (Å²) < 4.78 is 124. The van der Waals surface area contributed by atoms with E-state index in [1.54, 1.807) is 50.8 Å². The Labute approximate surface area is 728 Å². The first-order valence-corrected chi connectivity index (χ1v) is 46.0. The van der Waals surface area contributed by atoms with Gasteiger partial charge in [-0.15, -0.1) is 10.2 Å². The molecule has 0 aliphatic carbocycles. The fraction of sp³-hybridized carbons (Fsp3) is 0.723. The number of carbonyl (C=O) groups is 2. The van der Waals surface area contributed by atoms with E-state index in [0.717, 1.165) is 31.0 Å². The van der Waals surface area contributed by atoms with Gasteiger partial charge < -0.3 is 83.9 Å². The second-order valence-electron chi connectivity index (χ2n) is 27.5. The number of hydrogen-bond donors (Lipinski definition) is 3. The molecule has 4 aliphatic heterocycles. The van der Waals surface area contributed by atoms with Crippen LogP contribution in [0.15, 0.2) is 46.5 Å². The molecular formula is C65H104N13O24P5S4U2-4. The molecule has 37 nitrogen and oxygen atoms in total. The van der Waals surface area contributed by atoms with E-state index >= 15 is 0 Å². The first kappa shape index (κ1) is 106. The number of hydrogen-bond acceptors (Lipinski definition) is 33. The van der Waals surface area contributed by atoms with Crippen molar-refractivity contribution in [1.82, 2.24) is 53.8 Å². The largest absolute Gasteiger partial charge is 0.756 e. The Bertz CT molecular complexity index is 4100. The third kappa shape index (κ3) is 34.0. The number of phosphoric acid groups is 2. The second kappa shape index (κ2) is 49.5. The summed E-state index contributed by atoms with van der Waals surface area (Å²) in [4.78, 5) is 88.6. The molecule has 0 saturated carbocycles. The van der Waals surface area contributed by atoms with E-state index in [1.807, 2.05) is 20.5 Å². The van der Waals surface area contributed by atoms with Crippen molar-refractivity contribution in [2.75, 3.05) is 64.9 Å². The minimum Gasteiger partial charge on any atom is -0.756 e. The third-order valence-corrected chi connectivity index (χ3v) is 25.0. The maximum atomic E-state index is 12.5. The summed E-state index contributed by atoms with van der Waals surface area (Å²) in [6.45, 7) is 41.7. The number of carbonyl (C=O) groups excluding carboxylic acids is 2. The van der Waals surface area contributed by atoms with Gasteiger partial charge in [-0.3, -0.25) is 61.3 Å². The molecule has 8 rings (SSSR count). The van der Waals surface area contributed by atoms with Crippen LogP contribution in [-0.2, 0) is 78.1 Å². The van der Waals surface area contributed by atoms with Crippen molar-refractivity contribution < 1.29 is 165 Å². The van der Waals surface area contributed by atoms with Gasteiger partial charge in [-0.1, -0.05) is 38.1 Å². The zero-order chi connectivity index (χ0) is 83.1. The first-order chi connectivity index (χ1) is 51.9. The van der Waals surface area contributed by atoms with Gasteiger partial charge in [0.25, 0.3) is 35.3 Å². The molecule has 113 heavy (non-hydrogen) atoms. The molecule has 3 N–H and O–H groups in total. The van der Waals surface area contributed by atoms with Crippen LogP contribution in [0.2, 0.25) is 0 Å². The molecule has 9 unspecified atom stereocenters. The van der Waals surface area contributed by atoms with Crippen LogP contribution in [0.1, 0.15) is 176 Å². The molecule has 4 saturated heterocycles. The van der Waals surface area contributed by atoms with Crippen LogP contribution in [0.3, 0.4) is 0 Å². The number of Topliss-reactive ketones (excluding diaryl/α,β-unsaturated/α-hetero) is 2. The summed E-state index contributed by atoms with van der Waals surface area (Å²) >= 11 is 13.9. The minimum atomic E-state index is -4.88. The Balaban J connectivity index is 0.000000392. The maximum Gasteiger partial charge on any atom is 0.325 e. The molecule has 0 aromatic carbocycles. The van der Waals surface area contributed by atoms with Crippen molar-refractivity contribution in [2.45, 2.75) is 237 Å². The Morgan fingerprint density at radius 1 is 0.743 bits per heavy atom. The Morgan fingerprint density at radius 3 is 1.65 bits per heavy atom. The number of methoxy groups -OCH3 is 1. The van der Waals surface area contributed by atoms with Crippen LogP contribution in [0.5, 0.6) is 0 Å². The van der Waals surface area contributed by atoms with Gasteiger partial charge in [0.15, 0.2) is 41.9 Å². The van der Waals surface area contributed by atoms with Gasteiger partial charge in [0, 0.05) is 139 Å². The Hall–Kier alpha value is -1.57. The van der Waals surface area contributed by atoms with Gasteiger partial charge in [0.2, 0.25) is 6.54 Å². The number of rotatable bonds is 36. The second-order valence-corrected chi connectivity index (χ2v) is 38.4. The quantitative estimate of drug-likeness (QED) is 0.0125. The van der Waals surface area contributed by atoms with Gasteiger partial charge in [0.1, 0.15) is 36.3 Å². The van der Waals surface area contributed by atoms with E-state index in [4.69, 9.17) is 101 Å². The van der Waals surface area contributed by atoms with Crippen molar-refractivity contribution in [3.63, 3.8) is 0 Å². The molecule has 0 bridgehead atoms. The number of aromatic amines is 2. The molecule has 4 aliphatic rings. The number of thioether (sulfide) groups is 2.